The molecule has 8 nitrogen and oxygen atoms in total. The van der Waals surface area contributed by atoms with Gasteiger partial charge in [0.2, 0.25) is 0 Å². The van der Waals surface area contributed by atoms with Crippen molar-refractivity contribution < 1.29 is 38.9 Å². The van der Waals surface area contributed by atoms with Gasteiger partial charge in [-0.3, -0.25) is 9.59 Å². The van der Waals surface area contributed by atoms with Crippen LogP contribution < -0.4 is 0 Å². The summed E-state index contributed by atoms with van der Waals surface area (Å²) in [6.07, 6.45) is 2.62. The van der Waals surface area contributed by atoms with E-state index in [2.05, 4.69) is 0 Å². The summed E-state index contributed by atoms with van der Waals surface area (Å²) in [6, 6.07) is 0. The van der Waals surface area contributed by atoms with E-state index in [0.29, 0.717) is 18.4 Å². The molecule has 1 heterocycles. The van der Waals surface area contributed by atoms with Crippen LogP contribution in [0, 0.1) is 5.92 Å². The van der Waals surface area contributed by atoms with Crippen molar-refractivity contribution in [1.82, 2.24) is 0 Å². The molecule has 0 aromatic carbocycles. The average Bonchev–Trinajstić information content (AvgIpc) is 2.86. The van der Waals surface area contributed by atoms with Crippen LogP contribution in [0.25, 0.3) is 0 Å². The van der Waals surface area contributed by atoms with Gasteiger partial charge in [0.1, 0.15) is 24.7 Å². The van der Waals surface area contributed by atoms with Crippen LogP contribution in [-0.2, 0) is 28.7 Å². The number of hydrogen-bond donors (Lipinski definition) is 2. The fraction of sp³-hybridized carbons (Fsp3) is 0.529. The second-order valence-corrected chi connectivity index (χ2v) is 6.06. The third-order valence-electron chi connectivity index (χ3n) is 4.22. The smallest absolute Gasteiger partial charge is 0.377 e. The quantitative estimate of drug-likeness (QED) is 0.398. The molecule has 1 aliphatic heterocycles. The van der Waals surface area contributed by atoms with Crippen molar-refractivity contribution >= 4 is 23.5 Å². The van der Waals surface area contributed by atoms with Crippen LogP contribution in [0.2, 0.25) is 0 Å². The summed E-state index contributed by atoms with van der Waals surface area (Å²) in [5.74, 6) is -5.40. The minimum absolute atomic E-state index is 0.149. The maximum atomic E-state index is 12.2. The number of ether oxygens (including phenoxy) is 2. The van der Waals surface area contributed by atoms with Crippen LogP contribution in [0.15, 0.2) is 23.3 Å². The number of carbonyl (C=O) groups excluding carboxylic acids is 4. The van der Waals surface area contributed by atoms with Crippen LogP contribution in [0.4, 0.5) is 0 Å². The predicted molar refractivity (Wildman–Crippen MR) is 83.1 cm³/mol. The molecule has 0 aromatic heterocycles. The van der Waals surface area contributed by atoms with Crippen molar-refractivity contribution in [3.8, 4) is 0 Å². The Morgan fingerprint density at radius 2 is 2.04 bits per heavy atom. The third kappa shape index (κ3) is 4.40. The largest absolute Gasteiger partial charge is 0.455 e. The van der Waals surface area contributed by atoms with Crippen molar-refractivity contribution in [3.05, 3.63) is 23.3 Å². The molecule has 0 radical (unpaired) electrons. The normalized spacial score (nSPS) is 31.1. The van der Waals surface area contributed by atoms with Crippen LogP contribution in [-0.4, -0.2) is 59.1 Å². The number of esters is 2. The number of ketones is 2. The van der Waals surface area contributed by atoms with Crippen LogP contribution in [0.1, 0.15) is 26.2 Å². The molecule has 1 fully saturated rings. The van der Waals surface area contributed by atoms with E-state index in [1.165, 1.54) is 6.08 Å². The van der Waals surface area contributed by atoms with Gasteiger partial charge in [-0.1, -0.05) is 11.6 Å². The number of Topliss-reactive ketones (excluding diaryl/α,β-unsaturated/α-hetero) is 2. The van der Waals surface area contributed by atoms with E-state index in [-0.39, 0.29) is 13.0 Å². The van der Waals surface area contributed by atoms with Gasteiger partial charge in [-0.2, -0.15) is 0 Å². The molecule has 0 bridgehead atoms. The number of fused-ring (bicyclic) bond motifs is 1. The Kier molecular flexibility index (Phi) is 6.22. The van der Waals surface area contributed by atoms with Gasteiger partial charge >= 0.3 is 11.9 Å². The average molecular weight is 352 g/mol. The number of aliphatic hydroxyl groups excluding tert-OH is 2. The van der Waals surface area contributed by atoms with E-state index < -0.39 is 48.2 Å². The Hall–Kier alpha value is -2.32. The van der Waals surface area contributed by atoms with Crippen molar-refractivity contribution in [2.75, 3.05) is 13.2 Å². The highest BCUT2D eigenvalue weighted by Gasteiger charge is 2.49. The number of carbonyl (C=O) groups is 4. The Bertz CT molecular complexity index is 645. The van der Waals surface area contributed by atoms with E-state index in [9.17, 15) is 24.3 Å². The highest BCUT2D eigenvalue weighted by Crippen LogP contribution is 2.31. The third-order valence-corrected chi connectivity index (χ3v) is 4.22. The topological polar surface area (TPSA) is 127 Å². The molecule has 2 rings (SSSR count). The summed E-state index contributed by atoms with van der Waals surface area (Å²) in [5, 5.41) is 18.2. The molecule has 0 saturated carbocycles. The molecule has 2 N–H and O–H groups in total. The number of hydrogen-bond acceptors (Lipinski definition) is 8. The van der Waals surface area contributed by atoms with Crippen LogP contribution >= 0.6 is 0 Å². The molecular formula is C17H20O8. The summed E-state index contributed by atoms with van der Waals surface area (Å²) in [7, 11) is 0. The van der Waals surface area contributed by atoms with Gasteiger partial charge in [0.25, 0.3) is 11.6 Å². The van der Waals surface area contributed by atoms with Crippen molar-refractivity contribution in [2.45, 2.75) is 38.4 Å². The molecule has 8 heteroatoms. The minimum Gasteiger partial charge on any atom is -0.455 e. The lowest BCUT2D eigenvalue weighted by molar-refractivity contribution is -0.162. The Labute approximate surface area is 144 Å². The Balaban J connectivity index is 2.38. The molecule has 0 aromatic rings. The van der Waals surface area contributed by atoms with Gasteiger partial charge < -0.3 is 19.7 Å². The maximum Gasteiger partial charge on any atom is 0.377 e. The molecule has 1 aliphatic carbocycles. The van der Waals surface area contributed by atoms with Crippen LogP contribution in [0.5, 0.6) is 0 Å². The number of allylic oxidation sites excluding steroid dienone is 1. The van der Waals surface area contributed by atoms with Gasteiger partial charge in [0.05, 0.1) is 6.61 Å². The molecule has 0 spiro atoms. The Morgan fingerprint density at radius 1 is 1.32 bits per heavy atom. The van der Waals surface area contributed by atoms with Gasteiger partial charge in [-0.25, -0.2) is 9.59 Å². The highest BCUT2D eigenvalue weighted by molar-refractivity contribution is 6.37. The van der Waals surface area contributed by atoms with Crippen molar-refractivity contribution in [3.63, 3.8) is 0 Å². The minimum atomic E-state index is -1.27. The zero-order valence-electron chi connectivity index (χ0n) is 13.8. The second-order valence-electron chi connectivity index (χ2n) is 6.06. The van der Waals surface area contributed by atoms with E-state index in [1.807, 2.05) is 6.08 Å². The summed E-state index contributed by atoms with van der Waals surface area (Å²) in [6.45, 7) is 0.511. The lowest BCUT2D eigenvalue weighted by Crippen LogP contribution is -2.38. The van der Waals surface area contributed by atoms with Gasteiger partial charge in [0, 0.05) is 6.42 Å². The molecule has 2 aliphatic rings. The summed E-state index contributed by atoms with van der Waals surface area (Å²) in [4.78, 5) is 47.0. The molecule has 136 valence electrons. The standard InChI is InChI=1S/C17H20O8/c1-9-3-2-4-10(7-18)6-13-14(15(21)17(23)25-13)12(5-9)24-16(22)11(20)8-19/h3,6,12-14,18-19H,2,4-5,7-8H2,1H3/b9-3+,10-6-. The number of rotatable bonds is 4. The van der Waals surface area contributed by atoms with E-state index in [0.717, 1.165) is 5.57 Å². The number of aliphatic hydroxyl groups is 2. The summed E-state index contributed by atoms with van der Waals surface area (Å²) in [5.41, 5.74) is 1.40. The molecule has 1 saturated heterocycles. The van der Waals surface area contributed by atoms with E-state index in [4.69, 9.17) is 14.6 Å². The van der Waals surface area contributed by atoms with E-state index >= 15 is 0 Å². The predicted octanol–water partition coefficient (Wildman–Crippen LogP) is -0.381. The highest BCUT2D eigenvalue weighted by atomic mass is 16.6. The van der Waals surface area contributed by atoms with Crippen LogP contribution in [0.3, 0.4) is 0 Å². The molecule has 3 unspecified atom stereocenters. The van der Waals surface area contributed by atoms with E-state index in [1.54, 1.807) is 6.92 Å². The first kappa shape index (κ1) is 19.0. The lowest BCUT2D eigenvalue weighted by atomic mass is 9.87. The van der Waals surface area contributed by atoms with Gasteiger partial charge in [-0.15, -0.1) is 0 Å². The van der Waals surface area contributed by atoms with Gasteiger partial charge in [-0.05, 0) is 31.4 Å². The van der Waals surface area contributed by atoms with Gasteiger partial charge in [0.15, 0.2) is 0 Å². The Morgan fingerprint density at radius 3 is 2.68 bits per heavy atom. The molecular weight excluding hydrogens is 332 g/mol. The zero-order valence-corrected chi connectivity index (χ0v) is 13.8. The maximum absolute atomic E-state index is 12.2. The second kappa shape index (κ2) is 8.17. The van der Waals surface area contributed by atoms with Crippen molar-refractivity contribution in [1.29, 1.82) is 0 Å². The fourth-order valence-electron chi connectivity index (χ4n) is 2.92. The first-order valence-corrected chi connectivity index (χ1v) is 7.93. The first-order chi connectivity index (χ1) is 11.9. The lowest BCUT2D eigenvalue weighted by Gasteiger charge is -2.25. The monoisotopic (exact) mass is 352 g/mol. The van der Waals surface area contributed by atoms with Crippen molar-refractivity contribution in [2.24, 2.45) is 5.92 Å². The first-order valence-electron chi connectivity index (χ1n) is 7.93. The fourth-order valence-corrected chi connectivity index (χ4v) is 2.92. The molecule has 0 amide bonds. The SMILES string of the molecule is C/C1=C\CC/C(CO)=C/C2OC(=O)C(=O)C2C(OC(=O)C(=O)CO)C1. The summed E-state index contributed by atoms with van der Waals surface area (Å²) >= 11 is 0. The molecule has 25 heavy (non-hydrogen) atoms. The molecule has 3 atom stereocenters. The summed E-state index contributed by atoms with van der Waals surface area (Å²) < 4.78 is 10.2. The zero-order chi connectivity index (χ0) is 18.6.